The Morgan fingerprint density at radius 2 is 2.17 bits per heavy atom. The zero-order valence-corrected chi connectivity index (χ0v) is 19.7. The summed E-state index contributed by atoms with van der Waals surface area (Å²) in [6.45, 7) is 6.05. The molecule has 4 heterocycles. The van der Waals surface area contributed by atoms with Gasteiger partial charge in [0.1, 0.15) is 12.4 Å². The Labute approximate surface area is 188 Å². The first kappa shape index (κ1) is 22.0. The van der Waals surface area contributed by atoms with Crippen molar-refractivity contribution in [1.29, 1.82) is 0 Å². The van der Waals surface area contributed by atoms with E-state index < -0.39 is 0 Å². The summed E-state index contributed by atoms with van der Waals surface area (Å²) in [5, 5.41) is 16.3. The summed E-state index contributed by atoms with van der Waals surface area (Å²) in [6.07, 6.45) is 7.74. The molecule has 0 aliphatic carbocycles. The Morgan fingerprint density at radius 1 is 1.31 bits per heavy atom. The van der Waals surface area contributed by atoms with Crippen LogP contribution in [0.1, 0.15) is 42.4 Å². The van der Waals surface area contributed by atoms with E-state index in [-0.39, 0.29) is 30.1 Å². The number of guanidine groups is 1. The average molecular weight is 514 g/mol. The highest BCUT2D eigenvalue weighted by atomic mass is 127. The molecule has 9 nitrogen and oxygen atoms in total. The summed E-state index contributed by atoms with van der Waals surface area (Å²) in [6, 6.07) is 0. The number of likely N-dealkylation sites (tertiary alicyclic amines) is 1. The van der Waals surface area contributed by atoms with Crippen LogP contribution in [0.5, 0.6) is 0 Å². The molecule has 0 radical (unpaired) electrons. The molecule has 2 aromatic rings. The number of nitrogens with one attached hydrogen (secondary N) is 1. The van der Waals surface area contributed by atoms with Crippen LogP contribution < -0.4 is 5.32 Å². The van der Waals surface area contributed by atoms with Gasteiger partial charge in [-0.15, -0.1) is 34.2 Å². The first-order valence-corrected chi connectivity index (χ1v) is 10.1. The number of aromatic nitrogens is 5. The van der Waals surface area contributed by atoms with Crippen molar-refractivity contribution in [2.24, 2.45) is 19.1 Å². The van der Waals surface area contributed by atoms with Gasteiger partial charge in [0, 0.05) is 52.5 Å². The summed E-state index contributed by atoms with van der Waals surface area (Å²) in [5.41, 5.74) is 1.30. The lowest BCUT2D eigenvalue weighted by Gasteiger charge is -2.23. The van der Waals surface area contributed by atoms with Crippen LogP contribution in [0, 0.1) is 6.92 Å². The minimum absolute atomic E-state index is 0. The van der Waals surface area contributed by atoms with Crippen LogP contribution in [-0.2, 0) is 25.4 Å². The molecular formula is C19H31IN8O. The molecule has 2 fully saturated rings. The number of hydrogen-bond donors (Lipinski definition) is 1. The Morgan fingerprint density at radius 3 is 2.83 bits per heavy atom. The van der Waals surface area contributed by atoms with Crippen molar-refractivity contribution in [1.82, 2.24) is 34.8 Å². The molecule has 2 aromatic heterocycles. The van der Waals surface area contributed by atoms with Gasteiger partial charge in [0.25, 0.3) is 0 Å². The molecule has 29 heavy (non-hydrogen) atoms. The lowest BCUT2D eigenvalue weighted by molar-refractivity contribution is 0.113. The number of nitrogens with zero attached hydrogens (tertiary/aromatic N) is 7. The highest BCUT2D eigenvalue weighted by molar-refractivity contribution is 14.0. The Hall–Kier alpha value is -1.69. The van der Waals surface area contributed by atoms with E-state index in [1.165, 1.54) is 5.56 Å². The number of rotatable bonds is 5. The van der Waals surface area contributed by atoms with Crippen molar-refractivity contribution in [2.45, 2.75) is 44.8 Å². The van der Waals surface area contributed by atoms with Crippen molar-refractivity contribution in [3.8, 4) is 0 Å². The molecule has 2 atom stereocenters. The second kappa shape index (κ2) is 9.88. The molecule has 160 valence electrons. The summed E-state index contributed by atoms with van der Waals surface area (Å²) in [4.78, 5) is 7.22. The average Bonchev–Trinajstić information content (AvgIpc) is 3.46. The van der Waals surface area contributed by atoms with E-state index in [9.17, 15) is 0 Å². The van der Waals surface area contributed by atoms with Crippen LogP contribution in [0.2, 0.25) is 0 Å². The van der Waals surface area contributed by atoms with E-state index in [2.05, 4.69) is 31.7 Å². The summed E-state index contributed by atoms with van der Waals surface area (Å²) < 4.78 is 9.63. The maximum absolute atomic E-state index is 5.77. The zero-order valence-electron chi connectivity index (χ0n) is 17.4. The fraction of sp³-hybridized carbons (Fsp3) is 0.684. The molecule has 2 aliphatic rings. The van der Waals surface area contributed by atoms with Crippen LogP contribution in [0.3, 0.4) is 0 Å². The molecule has 1 N–H and O–H groups in total. The Kier molecular flexibility index (Phi) is 7.49. The molecular weight excluding hydrogens is 483 g/mol. The quantitative estimate of drug-likeness (QED) is 0.371. The SMILES string of the molecule is Cc1nnc(CN=C(NCC2CCCO2)N2CCC(c3cnn(C)c3)C2)n1C.I. The van der Waals surface area contributed by atoms with Crippen LogP contribution in [0.25, 0.3) is 0 Å². The minimum atomic E-state index is 0. The fourth-order valence-electron chi connectivity index (χ4n) is 3.89. The number of aryl methyl sites for hydroxylation is 2. The van der Waals surface area contributed by atoms with Crippen molar-refractivity contribution in [2.75, 3.05) is 26.2 Å². The zero-order chi connectivity index (χ0) is 19.5. The van der Waals surface area contributed by atoms with Gasteiger partial charge in [-0.2, -0.15) is 5.10 Å². The first-order chi connectivity index (χ1) is 13.6. The molecule has 2 unspecified atom stereocenters. The minimum Gasteiger partial charge on any atom is -0.376 e. The van der Waals surface area contributed by atoms with Gasteiger partial charge >= 0.3 is 0 Å². The second-order valence-electron chi connectivity index (χ2n) is 7.76. The lowest BCUT2D eigenvalue weighted by atomic mass is 10.0. The number of ether oxygens (including phenoxy) is 1. The van der Waals surface area contributed by atoms with E-state index >= 15 is 0 Å². The molecule has 0 bridgehead atoms. The van der Waals surface area contributed by atoms with E-state index in [0.717, 1.165) is 63.1 Å². The molecule has 0 spiro atoms. The van der Waals surface area contributed by atoms with Crippen LogP contribution in [0.15, 0.2) is 17.4 Å². The molecule has 10 heteroatoms. The largest absolute Gasteiger partial charge is 0.376 e. The van der Waals surface area contributed by atoms with E-state index in [1.807, 2.05) is 36.5 Å². The van der Waals surface area contributed by atoms with Crippen LogP contribution in [0.4, 0.5) is 0 Å². The van der Waals surface area contributed by atoms with Crippen molar-refractivity contribution in [3.63, 3.8) is 0 Å². The lowest BCUT2D eigenvalue weighted by Crippen LogP contribution is -2.43. The highest BCUT2D eigenvalue weighted by Gasteiger charge is 2.28. The Balaban J connectivity index is 0.00000240. The van der Waals surface area contributed by atoms with E-state index in [0.29, 0.717) is 12.5 Å². The Bertz CT molecular complexity index is 826. The fourth-order valence-corrected chi connectivity index (χ4v) is 3.89. The van der Waals surface area contributed by atoms with E-state index in [1.54, 1.807) is 0 Å². The maximum Gasteiger partial charge on any atom is 0.194 e. The van der Waals surface area contributed by atoms with Gasteiger partial charge < -0.3 is 19.5 Å². The normalized spacial score (nSPS) is 22.2. The van der Waals surface area contributed by atoms with Gasteiger partial charge in [-0.05, 0) is 31.7 Å². The number of aliphatic imine (C=N–C) groups is 1. The molecule has 2 saturated heterocycles. The van der Waals surface area contributed by atoms with E-state index in [4.69, 9.17) is 9.73 Å². The second-order valence-corrected chi connectivity index (χ2v) is 7.76. The maximum atomic E-state index is 5.77. The smallest absolute Gasteiger partial charge is 0.194 e. The van der Waals surface area contributed by atoms with Crippen molar-refractivity contribution < 1.29 is 4.74 Å². The van der Waals surface area contributed by atoms with Gasteiger partial charge in [-0.1, -0.05) is 0 Å². The predicted molar refractivity (Wildman–Crippen MR) is 121 cm³/mol. The third-order valence-corrected chi connectivity index (χ3v) is 5.75. The topological polar surface area (TPSA) is 85.4 Å². The van der Waals surface area contributed by atoms with Gasteiger partial charge in [0.05, 0.1) is 12.3 Å². The van der Waals surface area contributed by atoms with Gasteiger partial charge in [-0.25, -0.2) is 4.99 Å². The van der Waals surface area contributed by atoms with Gasteiger partial charge in [0.15, 0.2) is 11.8 Å². The number of hydrogen-bond acceptors (Lipinski definition) is 5. The first-order valence-electron chi connectivity index (χ1n) is 10.1. The monoisotopic (exact) mass is 514 g/mol. The van der Waals surface area contributed by atoms with Crippen LogP contribution >= 0.6 is 24.0 Å². The van der Waals surface area contributed by atoms with Gasteiger partial charge in [0.2, 0.25) is 0 Å². The number of halogens is 1. The molecule has 0 saturated carbocycles. The standard InChI is InChI=1S/C19H30N8O.HI/c1-14-23-24-18(26(14)3)11-21-19(20-10-17-5-4-8-28-17)27-7-6-15(13-27)16-9-22-25(2)12-16;/h9,12,15,17H,4-8,10-11,13H2,1-3H3,(H,20,21);1H. The summed E-state index contributed by atoms with van der Waals surface area (Å²) in [5.74, 6) is 3.19. The van der Waals surface area contributed by atoms with Gasteiger partial charge in [-0.3, -0.25) is 4.68 Å². The molecule has 2 aliphatic heterocycles. The molecule has 0 aromatic carbocycles. The van der Waals surface area contributed by atoms with Crippen molar-refractivity contribution in [3.05, 3.63) is 29.6 Å². The third kappa shape index (κ3) is 5.27. The summed E-state index contributed by atoms with van der Waals surface area (Å²) >= 11 is 0. The summed E-state index contributed by atoms with van der Waals surface area (Å²) in [7, 11) is 3.95. The predicted octanol–water partition coefficient (Wildman–Crippen LogP) is 1.59. The molecule has 4 rings (SSSR count). The highest BCUT2D eigenvalue weighted by Crippen LogP contribution is 2.26. The van der Waals surface area contributed by atoms with Crippen LogP contribution in [-0.4, -0.2) is 67.7 Å². The van der Waals surface area contributed by atoms with Crippen molar-refractivity contribution >= 4 is 29.9 Å². The third-order valence-electron chi connectivity index (χ3n) is 5.75. The molecule has 0 amide bonds.